The van der Waals surface area contributed by atoms with Gasteiger partial charge in [-0.05, 0) is 18.1 Å². The van der Waals surface area contributed by atoms with E-state index in [1.54, 1.807) is 6.07 Å². The van der Waals surface area contributed by atoms with E-state index >= 15 is 0 Å². The minimum atomic E-state index is -4.68. The normalized spacial score (nSPS) is 11.8. The SMILES string of the molecule is CCc1cc2c(c(OCC(F)(F)F)c(C(=O)O)n2C)c(=O)n1Cc1ccccc1. The summed E-state index contributed by atoms with van der Waals surface area (Å²) >= 11 is 0. The highest BCUT2D eigenvalue weighted by atomic mass is 19.4. The van der Waals surface area contributed by atoms with Crippen LogP contribution in [0, 0.1) is 0 Å². The van der Waals surface area contributed by atoms with Crippen molar-refractivity contribution in [2.45, 2.75) is 26.1 Å². The summed E-state index contributed by atoms with van der Waals surface area (Å²) in [6.07, 6.45) is -4.20. The van der Waals surface area contributed by atoms with Crippen LogP contribution in [0.3, 0.4) is 0 Å². The highest BCUT2D eigenvalue weighted by molar-refractivity contribution is 6.00. The number of nitrogens with zero attached hydrogens (tertiary/aromatic N) is 2. The van der Waals surface area contributed by atoms with Crippen molar-refractivity contribution in [1.29, 1.82) is 0 Å². The number of halogens is 3. The Labute approximate surface area is 163 Å². The molecule has 0 bridgehead atoms. The van der Waals surface area contributed by atoms with Gasteiger partial charge >= 0.3 is 12.1 Å². The fraction of sp³-hybridized carbons (Fsp3) is 0.300. The third-order valence-electron chi connectivity index (χ3n) is 4.63. The molecule has 2 aromatic heterocycles. The third kappa shape index (κ3) is 3.98. The Morgan fingerprint density at radius 2 is 1.86 bits per heavy atom. The van der Waals surface area contributed by atoms with E-state index in [0.29, 0.717) is 12.1 Å². The number of fused-ring (bicyclic) bond motifs is 1. The van der Waals surface area contributed by atoms with Gasteiger partial charge in [-0.2, -0.15) is 13.2 Å². The molecule has 0 saturated heterocycles. The molecule has 0 fully saturated rings. The van der Waals surface area contributed by atoms with Crippen LogP contribution in [-0.4, -0.2) is 33.0 Å². The van der Waals surface area contributed by atoms with Gasteiger partial charge in [0.05, 0.1) is 12.1 Å². The molecule has 0 spiro atoms. The molecule has 6 nitrogen and oxygen atoms in total. The van der Waals surface area contributed by atoms with Crippen LogP contribution in [0.2, 0.25) is 0 Å². The van der Waals surface area contributed by atoms with E-state index in [-0.39, 0.29) is 17.4 Å². The Kier molecular flexibility index (Phi) is 5.41. The molecule has 0 aliphatic carbocycles. The van der Waals surface area contributed by atoms with Crippen LogP contribution in [0.15, 0.2) is 41.2 Å². The standard InChI is InChI=1S/C20H19F3N2O4/c1-3-13-9-14-15(18(26)25(13)10-12-7-5-4-6-8-12)17(29-11-20(21,22)23)16(19(27)28)24(14)2/h4-9H,3,10-11H2,1-2H3,(H,27,28). The number of rotatable bonds is 6. The Bertz CT molecular complexity index is 1110. The predicted molar refractivity (Wildman–Crippen MR) is 101 cm³/mol. The molecule has 154 valence electrons. The van der Waals surface area contributed by atoms with Gasteiger partial charge in [-0.25, -0.2) is 4.79 Å². The van der Waals surface area contributed by atoms with E-state index < -0.39 is 35.8 Å². The lowest BCUT2D eigenvalue weighted by molar-refractivity contribution is -0.153. The van der Waals surface area contributed by atoms with Crippen molar-refractivity contribution in [3.8, 4) is 5.75 Å². The Balaban J connectivity index is 2.27. The number of hydrogen-bond acceptors (Lipinski definition) is 3. The maximum Gasteiger partial charge on any atom is 0.422 e. The first-order valence-electron chi connectivity index (χ1n) is 8.86. The van der Waals surface area contributed by atoms with Gasteiger partial charge in [-0.15, -0.1) is 0 Å². The zero-order valence-electron chi connectivity index (χ0n) is 15.8. The number of carboxylic acid groups (broad SMARTS) is 1. The van der Waals surface area contributed by atoms with Crippen molar-refractivity contribution in [2.75, 3.05) is 6.61 Å². The predicted octanol–water partition coefficient (Wildman–Crippen LogP) is 3.59. The molecule has 29 heavy (non-hydrogen) atoms. The van der Waals surface area contributed by atoms with Gasteiger partial charge in [0, 0.05) is 12.7 Å². The summed E-state index contributed by atoms with van der Waals surface area (Å²) in [6.45, 7) is 0.346. The van der Waals surface area contributed by atoms with Crippen LogP contribution in [-0.2, 0) is 20.0 Å². The Morgan fingerprint density at radius 1 is 1.21 bits per heavy atom. The van der Waals surface area contributed by atoms with Crippen molar-refractivity contribution in [1.82, 2.24) is 9.13 Å². The average molecular weight is 408 g/mol. The number of aromatic carboxylic acids is 1. The summed E-state index contributed by atoms with van der Waals surface area (Å²) in [4.78, 5) is 24.9. The lowest BCUT2D eigenvalue weighted by atomic mass is 10.1. The molecule has 0 radical (unpaired) electrons. The summed E-state index contributed by atoms with van der Waals surface area (Å²) in [5.41, 5.74) is 0.581. The lowest BCUT2D eigenvalue weighted by Gasteiger charge is -2.13. The molecule has 0 atom stereocenters. The average Bonchev–Trinajstić information content (AvgIpc) is 2.94. The van der Waals surface area contributed by atoms with E-state index in [2.05, 4.69) is 0 Å². The fourth-order valence-corrected chi connectivity index (χ4v) is 3.32. The van der Waals surface area contributed by atoms with Gasteiger partial charge in [-0.3, -0.25) is 4.79 Å². The summed E-state index contributed by atoms with van der Waals surface area (Å²) in [5.74, 6) is -2.05. The highest BCUT2D eigenvalue weighted by Crippen LogP contribution is 2.32. The number of carboxylic acids is 1. The molecule has 9 heteroatoms. The van der Waals surface area contributed by atoms with Crippen molar-refractivity contribution in [3.05, 3.63) is 63.7 Å². The van der Waals surface area contributed by atoms with Crippen LogP contribution >= 0.6 is 0 Å². The van der Waals surface area contributed by atoms with E-state index in [9.17, 15) is 27.9 Å². The second kappa shape index (κ2) is 7.65. The topological polar surface area (TPSA) is 73.5 Å². The second-order valence-corrected chi connectivity index (χ2v) is 6.57. The molecule has 1 aromatic carbocycles. The van der Waals surface area contributed by atoms with Gasteiger partial charge in [0.25, 0.3) is 5.56 Å². The summed E-state index contributed by atoms with van der Waals surface area (Å²) in [7, 11) is 1.38. The number of aryl methyl sites for hydroxylation is 2. The van der Waals surface area contributed by atoms with Gasteiger partial charge in [0.2, 0.25) is 0 Å². The number of ether oxygens (including phenoxy) is 1. The zero-order valence-corrected chi connectivity index (χ0v) is 15.8. The molecular weight excluding hydrogens is 389 g/mol. The van der Waals surface area contributed by atoms with Crippen LogP contribution in [0.4, 0.5) is 13.2 Å². The number of alkyl halides is 3. The molecule has 0 aliphatic rings. The highest BCUT2D eigenvalue weighted by Gasteiger charge is 2.32. The number of aromatic nitrogens is 2. The second-order valence-electron chi connectivity index (χ2n) is 6.57. The van der Waals surface area contributed by atoms with Gasteiger partial charge in [0.1, 0.15) is 5.39 Å². The molecule has 0 saturated carbocycles. The quantitative estimate of drug-likeness (QED) is 0.677. The first-order chi connectivity index (χ1) is 13.6. The van der Waals surface area contributed by atoms with Crippen LogP contribution in [0.5, 0.6) is 5.75 Å². The zero-order chi connectivity index (χ0) is 21.3. The van der Waals surface area contributed by atoms with E-state index in [1.807, 2.05) is 37.3 Å². The van der Waals surface area contributed by atoms with Crippen molar-refractivity contribution in [3.63, 3.8) is 0 Å². The summed E-state index contributed by atoms with van der Waals surface area (Å²) < 4.78 is 45.5. The van der Waals surface area contributed by atoms with Crippen LogP contribution in [0.25, 0.3) is 10.9 Å². The lowest BCUT2D eigenvalue weighted by Crippen LogP contribution is -2.25. The molecule has 3 rings (SSSR count). The first-order valence-corrected chi connectivity index (χ1v) is 8.86. The fourth-order valence-electron chi connectivity index (χ4n) is 3.32. The van der Waals surface area contributed by atoms with Crippen LogP contribution < -0.4 is 10.3 Å². The molecule has 1 N–H and O–H groups in total. The Hall–Kier alpha value is -3.23. The summed E-state index contributed by atoms with van der Waals surface area (Å²) in [5, 5.41) is 9.33. The van der Waals surface area contributed by atoms with E-state index in [1.165, 1.54) is 16.2 Å². The van der Waals surface area contributed by atoms with Gasteiger partial charge in [0.15, 0.2) is 18.1 Å². The maximum absolute atomic E-state index is 13.2. The smallest absolute Gasteiger partial charge is 0.422 e. The Morgan fingerprint density at radius 3 is 2.41 bits per heavy atom. The molecule has 0 unspecified atom stereocenters. The third-order valence-corrected chi connectivity index (χ3v) is 4.63. The first kappa shape index (κ1) is 20.5. The minimum Gasteiger partial charge on any atom is -0.481 e. The van der Waals surface area contributed by atoms with Gasteiger partial charge < -0.3 is 19.0 Å². The van der Waals surface area contributed by atoms with Crippen molar-refractivity contribution < 1.29 is 27.8 Å². The molecular formula is C20H19F3N2O4. The molecule has 2 heterocycles. The molecule has 3 aromatic rings. The van der Waals surface area contributed by atoms with E-state index in [4.69, 9.17) is 4.74 Å². The number of benzene rings is 1. The molecule has 0 aliphatic heterocycles. The maximum atomic E-state index is 13.2. The number of pyridine rings is 1. The summed E-state index contributed by atoms with van der Waals surface area (Å²) in [6, 6.07) is 10.7. The van der Waals surface area contributed by atoms with Crippen molar-refractivity contribution in [2.24, 2.45) is 7.05 Å². The minimum absolute atomic E-state index is 0.178. The monoisotopic (exact) mass is 408 g/mol. The number of hydrogen-bond donors (Lipinski definition) is 1. The molecule has 0 amide bonds. The van der Waals surface area contributed by atoms with Crippen molar-refractivity contribution >= 4 is 16.9 Å². The van der Waals surface area contributed by atoms with E-state index in [0.717, 1.165) is 5.56 Å². The number of carbonyl (C=O) groups is 1. The largest absolute Gasteiger partial charge is 0.481 e. The van der Waals surface area contributed by atoms with Crippen LogP contribution in [0.1, 0.15) is 28.7 Å². The van der Waals surface area contributed by atoms with Gasteiger partial charge in [-0.1, -0.05) is 37.3 Å².